The van der Waals surface area contributed by atoms with Gasteiger partial charge < -0.3 is 14.8 Å². The lowest BCUT2D eigenvalue weighted by Crippen LogP contribution is -2.30. The lowest BCUT2D eigenvalue weighted by Gasteiger charge is -2.26. The average molecular weight is 502 g/mol. The Morgan fingerprint density at radius 3 is 2.19 bits per heavy atom. The van der Waals surface area contributed by atoms with Gasteiger partial charge in [0.1, 0.15) is 0 Å². The molecule has 1 aromatic carbocycles. The Labute approximate surface area is 214 Å². The summed E-state index contributed by atoms with van der Waals surface area (Å²) in [6.07, 6.45) is 10.3. The first-order valence-electron chi connectivity index (χ1n) is 13.9. The zero-order chi connectivity index (χ0) is 25.7. The van der Waals surface area contributed by atoms with Gasteiger partial charge in [0, 0.05) is 40.1 Å². The van der Waals surface area contributed by atoms with Gasteiger partial charge in [-0.15, -0.1) is 0 Å². The predicted octanol–water partition coefficient (Wildman–Crippen LogP) is 8.61. The van der Waals surface area contributed by atoms with Gasteiger partial charge in [-0.25, -0.2) is 0 Å². The molecule has 0 saturated carbocycles. The van der Waals surface area contributed by atoms with Crippen LogP contribution < -0.4 is 5.32 Å². The van der Waals surface area contributed by atoms with Crippen LogP contribution in [0.3, 0.4) is 0 Å². The van der Waals surface area contributed by atoms with Crippen LogP contribution in [0.2, 0.25) is 0 Å². The number of nitrogens with one attached hydrogen (secondary N) is 1. The van der Waals surface area contributed by atoms with Gasteiger partial charge in [-0.3, -0.25) is 0 Å². The highest BCUT2D eigenvalue weighted by Gasteiger charge is 2.39. The third-order valence-corrected chi connectivity index (χ3v) is 7.94. The highest BCUT2D eigenvalue weighted by molar-refractivity contribution is 6.04. The van der Waals surface area contributed by atoms with Crippen LogP contribution in [0.25, 0.3) is 16.5 Å². The second-order valence-electron chi connectivity index (χ2n) is 10.5. The van der Waals surface area contributed by atoms with E-state index >= 15 is 0 Å². The number of hydrogen-bond acceptors (Lipinski definition) is 2. The molecular formula is C30H42F3N3. The predicted molar refractivity (Wildman–Crippen MR) is 145 cm³/mol. The zero-order valence-corrected chi connectivity index (χ0v) is 22.1. The van der Waals surface area contributed by atoms with Crippen molar-refractivity contribution in [2.45, 2.75) is 97.2 Å². The van der Waals surface area contributed by atoms with Crippen LogP contribution in [0.4, 0.5) is 18.9 Å². The standard InChI is InChI=1S/C30H42F3N3/c1-4-26-23(3)28-27(16-15-25-29(28)24(30(31,32)33)21-22(2)34-25)36(26)20-14-9-7-5-6-8-11-17-35-18-12-10-13-19-35/h15-16,21,34H,2,4-14,17-20H2,1,3H3. The summed E-state index contributed by atoms with van der Waals surface area (Å²) < 4.78 is 44.2. The molecule has 1 saturated heterocycles. The summed E-state index contributed by atoms with van der Waals surface area (Å²) >= 11 is 0. The molecule has 1 N–H and O–H groups in total. The van der Waals surface area contributed by atoms with Gasteiger partial charge >= 0.3 is 6.18 Å². The highest BCUT2D eigenvalue weighted by atomic mass is 19.4. The highest BCUT2D eigenvalue weighted by Crippen LogP contribution is 2.46. The van der Waals surface area contributed by atoms with Crippen molar-refractivity contribution in [2.24, 2.45) is 0 Å². The van der Waals surface area contributed by atoms with Crippen molar-refractivity contribution in [3.8, 4) is 0 Å². The molecule has 0 amide bonds. The Balaban J connectivity index is 1.36. The van der Waals surface area contributed by atoms with Gasteiger partial charge in [0.05, 0.1) is 5.57 Å². The van der Waals surface area contributed by atoms with Crippen LogP contribution in [-0.2, 0) is 13.0 Å². The normalized spacial score (nSPS) is 16.8. The Morgan fingerprint density at radius 1 is 0.917 bits per heavy atom. The number of fused-ring (bicyclic) bond motifs is 3. The summed E-state index contributed by atoms with van der Waals surface area (Å²) in [5.41, 5.74) is 3.44. The van der Waals surface area contributed by atoms with Gasteiger partial charge in [-0.05, 0) is 82.4 Å². The minimum atomic E-state index is -4.43. The quantitative estimate of drug-likeness (QED) is 0.311. The number of likely N-dealkylation sites (tertiary alicyclic amines) is 1. The average Bonchev–Trinajstić information content (AvgIpc) is 3.13. The Bertz CT molecular complexity index is 1090. The maximum atomic E-state index is 14.0. The fourth-order valence-electron chi connectivity index (χ4n) is 6.13. The van der Waals surface area contributed by atoms with E-state index in [9.17, 15) is 13.2 Å². The van der Waals surface area contributed by atoms with Crippen molar-refractivity contribution >= 4 is 22.2 Å². The number of nitrogens with zero attached hydrogens (tertiary/aromatic N) is 2. The smallest absolute Gasteiger partial charge is 0.355 e. The van der Waals surface area contributed by atoms with Gasteiger partial charge in [0.25, 0.3) is 0 Å². The second kappa shape index (κ2) is 11.9. The number of rotatable bonds is 11. The number of allylic oxidation sites excluding steroid dienone is 2. The van der Waals surface area contributed by atoms with Crippen LogP contribution in [0.15, 0.2) is 30.5 Å². The number of hydrogen-bond donors (Lipinski definition) is 1. The summed E-state index contributed by atoms with van der Waals surface area (Å²) in [5.74, 6) is 0. The molecule has 4 rings (SSSR count). The molecule has 0 aliphatic carbocycles. The Morgan fingerprint density at radius 2 is 1.56 bits per heavy atom. The van der Waals surface area contributed by atoms with Crippen LogP contribution in [-0.4, -0.2) is 35.3 Å². The van der Waals surface area contributed by atoms with Crippen molar-refractivity contribution in [3.05, 3.63) is 47.3 Å². The number of piperidine rings is 1. The molecular weight excluding hydrogens is 459 g/mol. The first kappa shape index (κ1) is 26.8. The molecule has 0 radical (unpaired) electrons. The molecule has 6 heteroatoms. The number of benzene rings is 1. The molecule has 0 unspecified atom stereocenters. The number of unbranched alkanes of at least 4 members (excludes halogenated alkanes) is 6. The second-order valence-corrected chi connectivity index (χ2v) is 10.5. The van der Waals surface area contributed by atoms with Crippen LogP contribution in [0.5, 0.6) is 0 Å². The van der Waals surface area contributed by atoms with E-state index in [1.165, 1.54) is 71.0 Å². The van der Waals surface area contributed by atoms with Crippen molar-refractivity contribution in [2.75, 3.05) is 25.0 Å². The van der Waals surface area contributed by atoms with Crippen molar-refractivity contribution in [3.63, 3.8) is 0 Å². The number of aromatic nitrogens is 1. The first-order chi connectivity index (χ1) is 17.3. The van der Waals surface area contributed by atoms with E-state index in [1.54, 1.807) is 6.07 Å². The lowest BCUT2D eigenvalue weighted by molar-refractivity contribution is -0.0688. The Hall–Kier alpha value is -2.21. The molecule has 198 valence electrons. The van der Waals surface area contributed by atoms with Crippen molar-refractivity contribution < 1.29 is 13.2 Å². The van der Waals surface area contributed by atoms with Gasteiger partial charge in [-0.1, -0.05) is 52.0 Å². The molecule has 3 heterocycles. The first-order valence-corrected chi connectivity index (χ1v) is 13.9. The van der Waals surface area contributed by atoms with E-state index in [-0.39, 0.29) is 11.3 Å². The Kier molecular flexibility index (Phi) is 8.87. The van der Waals surface area contributed by atoms with Crippen LogP contribution in [0, 0.1) is 6.92 Å². The topological polar surface area (TPSA) is 20.2 Å². The van der Waals surface area contributed by atoms with E-state index in [0.29, 0.717) is 5.69 Å². The third kappa shape index (κ3) is 6.01. The molecule has 0 spiro atoms. The van der Waals surface area contributed by atoms with Gasteiger partial charge in [0.2, 0.25) is 0 Å². The fraction of sp³-hybridized carbons (Fsp3) is 0.600. The third-order valence-electron chi connectivity index (χ3n) is 7.94. The minimum Gasteiger partial charge on any atom is -0.355 e. The largest absolute Gasteiger partial charge is 0.417 e. The van der Waals surface area contributed by atoms with E-state index in [1.807, 2.05) is 13.0 Å². The zero-order valence-electron chi connectivity index (χ0n) is 22.1. The number of halogens is 3. The van der Waals surface area contributed by atoms with E-state index < -0.39 is 11.7 Å². The summed E-state index contributed by atoms with van der Waals surface area (Å²) in [6, 6.07) is 3.75. The monoisotopic (exact) mass is 501 g/mol. The molecule has 1 fully saturated rings. The maximum absolute atomic E-state index is 14.0. The number of alkyl halides is 3. The molecule has 2 aliphatic heterocycles. The molecule has 0 atom stereocenters. The van der Waals surface area contributed by atoms with E-state index in [4.69, 9.17) is 0 Å². The van der Waals surface area contributed by atoms with Crippen LogP contribution >= 0.6 is 0 Å². The summed E-state index contributed by atoms with van der Waals surface area (Å²) in [6.45, 7) is 12.5. The summed E-state index contributed by atoms with van der Waals surface area (Å²) in [4.78, 5) is 2.62. The summed E-state index contributed by atoms with van der Waals surface area (Å²) in [5, 5.41) is 3.77. The fourth-order valence-corrected chi connectivity index (χ4v) is 6.13. The molecule has 2 aromatic rings. The molecule has 1 aromatic heterocycles. The molecule has 2 aliphatic rings. The lowest BCUT2D eigenvalue weighted by atomic mass is 9.93. The van der Waals surface area contributed by atoms with Crippen molar-refractivity contribution in [1.82, 2.24) is 9.47 Å². The van der Waals surface area contributed by atoms with Crippen molar-refractivity contribution in [1.29, 1.82) is 0 Å². The summed E-state index contributed by atoms with van der Waals surface area (Å²) in [7, 11) is 0. The molecule has 0 bridgehead atoms. The number of aryl methyl sites for hydroxylation is 2. The van der Waals surface area contributed by atoms with Gasteiger partial charge in [0.15, 0.2) is 0 Å². The van der Waals surface area contributed by atoms with E-state index in [0.717, 1.165) is 54.0 Å². The SMILES string of the molecule is C=C1C=C(C(F)(F)F)c2c(ccc3c2c(C)c(CC)n3CCCCCCCCCN2CCCCC2)N1. The van der Waals surface area contributed by atoms with Gasteiger partial charge in [-0.2, -0.15) is 13.2 Å². The van der Waals surface area contributed by atoms with E-state index in [2.05, 4.69) is 28.3 Å². The minimum absolute atomic E-state index is 0.267. The molecule has 36 heavy (non-hydrogen) atoms. The number of anilines is 1. The maximum Gasteiger partial charge on any atom is 0.417 e. The molecule has 3 nitrogen and oxygen atoms in total. The van der Waals surface area contributed by atoms with Crippen LogP contribution in [0.1, 0.15) is 88.0 Å².